The minimum atomic E-state index is 0.448. The molecule has 0 amide bonds. The van der Waals surface area contributed by atoms with Crippen LogP contribution in [0.5, 0.6) is 0 Å². The Balaban J connectivity index is 2.80. The van der Waals surface area contributed by atoms with E-state index in [2.05, 4.69) is 24.2 Å². The summed E-state index contributed by atoms with van der Waals surface area (Å²) < 4.78 is 1.91. The van der Waals surface area contributed by atoms with Gasteiger partial charge in [-0.05, 0) is 12.8 Å². The highest BCUT2D eigenvalue weighted by molar-refractivity contribution is 6.16. The van der Waals surface area contributed by atoms with E-state index in [9.17, 15) is 0 Å². The molecule has 68 valence electrons. The molecule has 0 atom stereocenters. The lowest BCUT2D eigenvalue weighted by atomic mass is 10.2. The summed E-state index contributed by atoms with van der Waals surface area (Å²) in [5.74, 6) is 1.04. The first-order valence-corrected chi connectivity index (χ1v) is 4.63. The highest BCUT2D eigenvalue weighted by Gasteiger charge is 2.07. The number of nitrogens with zero attached hydrogens (tertiary/aromatic N) is 3. The second-order valence-corrected chi connectivity index (χ2v) is 3.60. The number of rotatable bonds is 3. The fourth-order valence-electron chi connectivity index (χ4n) is 1.04. The van der Waals surface area contributed by atoms with Gasteiger partial charge in [0.05, 0.1) is 11.6 Å². The van der Waals surface area contributed by atoms with Crippen molar-refractivity contribution in [2.75, 3.05) is 0 Å². The zero-order valence-corrected chi connectivity index (χ0v) is 8.47. The summed E-state index contributed by atoms with van der Waals surface area (Å²) in [6.07, 6.45) is 0. The molecule has 4 heteroatoms. The number of hydrogen-bond acceptors (Lipinski definition) is 2. The Hall–Kier alpha value is -0.570. The number of alkyl halides is 1. The summed E-state index contributed by atoms with van der Waals surface area (Å²) in [6.45, 7) is 7.22. The minimum absolute atomic E-state index is 0.448. The molecule has 3 nitrogen and oxygen atoms in total. The molecule has 12 heavy (non-hydrogen) atoms. The summed E-state index contributed by atoms with van der Waals surface area (Å²) in [5.41, 5.74) is 1.97. The summed E-state index contributed by atoms with van der Waals surface area (Å²) in [4.78, 5) is 0. The minimum Gasteiger partial charge on any atom is -0.249 e. The summed E-state index contributed by atoms with van der Waals surface area (Å²) in [6, 6.07) is 0. The van der Waals surface area contributed by atoms with Crippen LogP contribution < -0.4 is 0 Å². The lowest BCUT2D eigenvalue weighted by molar-refractivity contribution is 0.464. The van der Waals surface area contributed by atoms with Gasteiger partial charge in [-0.15, -0.1) is 16.7 Å². The smallest absolute Gasteiger partial charge is 0.100 e. The van der Waals surface area contributed by atoms with Gasteiger partial charge in [-0.3, -0.25) is 0 Å². The molecule has 0 unspecified atom stereocenters. The molecule has 0 saturated heterocycles. The van der Waals surface area contributed by atoms with Gasteiger partial charge in [0, 0.05) is 6.54 Å². The van der Waals surface area contributed by atoms with Crippen LogP contribution in [0.4, 0.5) is 0 Å². The van der Waals surface area contributed by atoms with Crippen LogP contribution in [0, 0.1) is 12.8 Å². The van der Waals surface area contributed by atoms with Gasteiger partial charge in [0.2, 0.25) is 0 Å². The van der Waals surface area contributed by atoms with E-state index in [1.54, 1.807) is 0 Å². The van der Waals surface area contributed by atoms with Crippen molar-refractivity contribution in [2.24, 2.45) is 5.92 Å². The van der Waals surface area contributed by atoms with E-state index < -0.39 is 0 Å². The first-order chi connectivity index (χ1) is 5.65. The van der Waals surface area contributed by atoms with E-state index in [0.29, 0.717) is 11.8 Å². The molecule has 0 bridgehead atoms. The van der Waals surface area contributed by atoms with Gasteiger partial charge in [-0.1, -0.05) is 19.1 Å². The van der Waals surface area contributed by atoms with Crippen molar-refractivity contribution in [2.45, 2.75) is 33.2 Å². The Morgan fingerprint density at radius 2 is 2.17 bits per heavy atom. The predicted octanol–water partition coefficient (Wildman–Crippen LogP) is 1.98. The van der Waals surface area contributed by atoms with Crippen LogP contribution in [0.3, 0.4) is 0 Å². The van der Waals surface area contributed by atoms with E-state index in [4.69, 9.17) is 11.6 Å². The Labute approximate surface area is 77.7 Å². The van der Waals surface area contributed by atoms with Gasteiger partial charge >= 0.3 is 0 Å². The molecule has 1 aromatic heterocycles. The lowest BCUT2D eigenvalue weighted by Crippen LogP contribution is -2.07. The average molecular weight is 188 g/mol. The largest absolute Gasteiger partial charge is 0.249 e. The van der Waals surface area contributed by atoms with Crippen LogP contribution in [0.1, 0.15) is 25.2 Å². The number of halogens is 1. The van der Waals surface area contributed by atoms with Crippen LogP contribution in [0.15, 0.2) is 0 Å². The molecular weight excluding hydrogens is 174 g/mol. The van der Waals surface area contributed by atoms with E-state index in [1.807, 2.05) is 11.6 Å². The van der Waals surface area contributed by atoms with Crippen molar-refractivity contribution < 1.29 is 0 Å². The van der Waals surface area contributed by atoms with Crippen molar-refractivity contribution >= 4 is 11.6 Å². The highest BCUT2D eigenvalue weighted by Crippen LogP contribution is 2.08. The Morgan fingerprint density at radius 1 is 1.50 bits per heavy atom. The van der Waals surface area contributed by atoms with Crippen LogP contribution in [-0.4, -0.2) is 15.0 Å². The van der Waals surface area contributed by atoms with Crippen molar-refractivity contribution in [1.82, 2.24) is 15.0 Å². The molecule has 0 aliphatic carbocycles. The molecule has 1 heterocycles. The maximum absolute atomic E-state index is 5.67. The zero-order chi connectivity index (χ0) is 9.14. The van der Waals surface area contributed by atoms with Crippen molar-refractivity contribution in [3.63, 3.8) is 0 Å². The SMILES string of the molecule is Cc1c(CCl)nnn1CC(C)C. The van der Waals surface area contributed by atoms with E-state index in [1.165, 1.54) is 0 Å². The van der Waals surface area contributed by atoms with Gasteiger partial charge in [0.15, 0.2) is 0 Å². The van der Waals surface area contributed by atoms with Crippen LogP contribution >= 0.6 is 11.6 Å². The number of aromatic nitrogens is 3. The fourth-order valence-corrected chi connectivity index (χ4v) is 1.29. The van der Waals surface area contributed by atoms with Gasteiger partial charge in [0.25, 0.3) is 0 Å². The molecular formula is C8H14ClN3. The topological polar surface area (TPSA) is 30.7 Å². The normalized spacial score (nSPS) is 11.1. The third-order valence-electron chi connectivity index (χ3n) is 1.74. The molecule has 0 fully saturated rings. The second kappa shape index (κ2) is 3.90. The highest BCUT2D eigenvalue weighted by atomic mass is 35.5. The Morgan fingerprint density at radius 3 is 2.58 bits per heavy atom. The zero-order valence-electron chi connectivity index (χ0n) is 7.71. The van der Waals surface area contributed by atoms with Gasteiger partial charge in [0.1, 0.15) is 5.69 Å². The first-order valence-electron chi connectivity index (χ1n) is 4.10. The summed E-state index contributed by atoms with van der Waals surface area (Å²) in [5, 5.41) is 7.98. The first kappa shape index (κ1) is 9.52. The number of hydrogen-bond donors (Lipinski definition) is 0. The molecule has 1 rings (SSSR count). The molecule has 0 N–H and O–H groups in total. The summed E-state index contributed by atoms with van der Waals surface area (Å²) in [7, 11) is 0. The molecule has 0 aliphatic rings. The molecule has 1 aromatic rings. The molecule has 0 saturated carbocycles. The maximum Gasteiger partial charge on any atom is 0.100 e. The summed E-state index contributed by atoms with van der Waals surface area (Å²) >= 11 is 5.67. The molecule has 0 radical (unpaired) electrons. The third-order valence-corrected chi connectivity index (χ3v) is 2.00. The predicted molar refractivity (Wildman–Crippen MR) is 49.2 cm³/mol. The quantitative estimate of drug-likeness (QED) is 0.678. The van der Waals surface area contributed by atoms with Gasteiger partial charge < -0.3 is 0 Å². The van der Waals surface area contributed by atoms with Crippen molar-refractivity contribution in [1.29, 1.82) is 0 Å². The van der Waals surface area contributed by atoms with Crippen LogP contribution in [-0.2, 0) is 12.4 Å². The van der Waals surface area contributed by atoms with E-state index in [0.717, 1.165) is 17.9 Å². The monoisotopic (exact) mass is 187 g/mol. The molecule has 0 aromatic carbocycles. The average Bonchev–Trinajstić information content (AvgIpc) is 2.32. The van der Waals surface area contributed by atoms with Gasteiger partial charge in [-0.25, -0.2) is 4.68 Å². The van der Waals surface area contributed by atoms with Crippen LogP contribution in [0.2, 0.25) is 0 Å². The maximum atomic E-state index is 5.67. The fraction of sp³-hybridized carbons (Fsp3) is 0.750. The van der Waals surface area contributed by atoms with E-state index in [-0.39, 0.29) is 0 Å². The molecule has 0 spiro atoms. The molecule has 0 aliphatic heterocycles. The third kappa shape index (κ3) is 1.97. The van der Waals surface area contributed by atoms with Gasteiger partial charge in [-0.2, -0.15) is 0 Å². The lowest BCUT2D eigenvalue weighted by Gasteiger charge is -2.05. The second-order valence-electron chi connectivity index (χ2n) is 3.33. The standard InChI is InChI=1S/C8H14ClN3/c1-6(2)5-12-7(3)8(4-9)10-11-12/h6H,4-5H2,1-3H3. The van der Waals surface area contributed by atoms with Crippen molar-refractivity contribution in [3.8, 4) is 0 Å². The van der Waals surface area contributed by atoms with E-state index >= 15 is 0 Å². The van der Waals surface area contributed by atoms with Crippen molar-refractivity contribution in [3.05, 3.63) is 11.4 Å². The van der Waals surface area contributed by atoms with Crippen LogP contribution in [0.25, 0.3) is 0 Å². The Kier molecular flexibility index (Phi) is 3.09. The Bertz CT molecular complexity index is 255.